The molecule has 0 unspecified atom stereocenters. The molecule has 28 heavy (non-hydrogen) atoms. The van der Waals surface area contributed by atoms with E-state index in [1.165, 1.54) is 0 Å². The van der Waals surface area contributed by atoms with Gasteiger partial charge in [0.05, 0.1) is 12.2 Å². The van der Waals surface area contributed by atoms with E-state index in [-0.39, 0.29) is 5.91 Å². The second-order valence-electron chi connectivity index (χ2n) is 7.13. The van der Waals surface area contributed by atoms with Crippen LogP contribution < -0.4 is 4.90 Å². The Morgan fingerprint density at radius 2 is 1.61 bits per heavy atom. The van der Waals surface area contributed by atoms with Crippen molar-refractivity contribution >= 4 is 11.7 Å². The number of carbonyl (C=O) groups excluding carboxylic acids is 1. The number of aryl methyl sites for hydroxylation is 1. The molecule has 0 aliphatic carbocycles. The Morgan fingerprint density at radius 1 is 1.00 bits per heavy atom. The molecular formula is C23H28N4O. The van der Waals surface area contributed by atoms with E-state index in [4.69, 9.17) is 5.10 Å². The lowest BCUT2D eigenvalue weighted by Crippen LogP contribution is -2.32. The van der Waals surface area contributed by atoms with E-state index in [2.05, 4.69) is 24.0 Å². The molecule has 1 heterocycles. The zero-order valence-electron chi connectivity index (χ0n) is 17.1. The van der Waals surface area contributed by atoms with E-state index in [0.717, 1.165) is 29.1 Å². The van der Waals surface area contributed by atoms with E-state index >= 15 is 0 Å². The number of amides is 1. The maximum absolute atomic E-state index is 13.2. The first-order valence-corrected chi connectivity index (χ1v) is 9.65. The van der Waals surface area contributed by atoms with Crippen molar-refractivity contribution in [1.82, 2.24) is 14.7 Å². The van der Waals surface area contributed by atoms with E-state index in [9.17, 15) is 4.79 Å². The Hall–Kier alpha value is -3.08. The van der Waals surface area contributed by atoms with Crippen LogP contribution in [0.3, 0.4) is 0 Å². The lowest BCUT2D eigenvalue weighted by atomic mass is 10.1. The second kappa shape index (κ2) is 8.74. The summed E-state index contributed by atoms with van der Waals surface area (Å²) in [4.78, 5) is 17.1. The Bertz CT molecular complexity index is 917. The number of rotatable bonds is 7. The van der Waals surface area contributed by atoms with Crippen LogP contribution in [0.1, 0.15) is 29.3 Å². The molecule has 1 amide bonds. The van der Waals surface area contributed by atoms with Crippen LogP contribution in [0.2, 0.25) is 0 Å². The standard InChI is InChI=1S/C23H28N4O/c1-5-16-27(23(28)19-14-10-7-11-15-19)17-20-21(18-12-8-6-9-13-18)24-26(4)22(20)25(2)3/h6-15H,5,16-17H2,1-4H3. The number of hydrogen-bond acceptors (Lipinski definition) is 3. The average molecular weight is 377 g/mol. The third-order valence-electron chi connectivity index (χ3n) is 4.73. The van der Waals surface area contributed by atoms with E-state index in [1.54, 1.807) is 0 Å². The molecular weight excluding hydrogens is 348 g/mol. The minimum Gasteiger partial charge on any atom is -0.363 e. The van der Waals surface area contributed by atoms with Crippen molar-refractivity contribution in [2.24, 2.45) is 7.05 Å². The first-order chi connectivity index (χ1) is 13.5. The largest absolute Gasteiger partial charge is 0.363 e. The molecule has 0 saturated carbocycles. The van der Waals surface area contributed by atoms with Gasteiger partial charge in [0.15, 0.2) is 0 Å². The first kappa shape index (κ1) is 19.7. The number of anilines is 1. The summed E-state index contributed by atoms with van der Waals surface area (Å²) in [5.74, 6) is 1.07. The van der Waals surface area contributed by atoms with Gasteiger partial charge in [-0.3, -0.25) is 9.48 Å². The number of hydrogen-bond donors (Lipinski definition) is 0. The van der Waals surface area contributed by atoms with Crippen molar-refractivity contribution in [3.05, 3.63) is 71.8 Å². The molecule has 0 radical (unpaired) electrons. The molecule has 5 heteroatoms. The molecule has 0 bridgehead atoms. The Balaban J connectivity index is 2.04. The fourth-order valence-electron chi connectivity index (χ4n) is 3.57. The maximum Gasteiger partial charge on any atom is 0.254 e. The highest BCUT2D eigenvalue weighted by atomic mass is 16.2. The van der Waals surface area contributed by atoms with Crippen LogP contribution >= 0.6 is 0 Å². The van der Waals surface area contributed by atoms with Gasteiger partial charge in [-0.15, -0.1) is 0 Å². The highest BCUT2D eigenvalue weighted by Crippen LogP contribution is 2.31. The summed E-state index contributed by atoms with van der Waals surface area (Å²) in [5, 5.41) is 4.78. The van der Waals surface area contributed by atoms with Crippen molar-refractivity contribution in [3.8, 4) is 11.3 Å². The molecule has 5 nitrogen and oxygen atoms in total. The molecule has 0 saturated heterocycles. The van der Waals surface area contributed by atoms with Gasteiger partial charge in [0.1, 0.15) is 5.82 Å². The molecule has 0 fully saturated rings. The van der Waals surface area contributed by atoms with Gasteiger partial charge in [-0.05, 0) is 18.6 Å². The normalized spacial score (nSPS) is 10.7. The Labute approximate surface area is 167 Å². The van der Waals surface area contributed by atoms with Crippen LogP contribution in [0.4, 0.5) is 5.82 Å². The molecule has 3 aromatic rings. The fraction of sp³-hybridized carbons (Fsp3) is 0.304. The predicted octanol–water partition coefficient (Wildman–Crippen LogP) is 4.21. The summed E-state index contributed by atoms with van der Waals surface area (Å²) >= 11 is 0. The number of benzene rings is 2. The monoisotopic (exact) mass is 376 g/mol. The van der Waals surface area contributed by atoms with Crippen LogP contribution in [0, 0.1) is 0 Å². The summed E-state index contributed by atoms with van der Waals surface area (Å²) in [5.41, 5.74) is 3.77. The highest BCUT2D eigenvalue weighted by molar-refractivity contribution is 5.94. The van der Waals surface area contributed by atoms with Crippen molar-refractivity contribution in [2.45, 2.75) is 19.9 Å². The topological polar surface area (TPSA) is 41.4 Å². The molecule has 1 aromatic heterocycles. The Kier molecular flexibility index (Phi) is 6.14. The molecule has 3 rings (SSSR count). The minimum absolute atomic E-state index is 0.0509. The average Bonchev–Trinajstić information content (AvgIpc) is 3.04. The Morgan fingerprint density at radius 3 is 2.18 bits per heavy atom. The lowest BCUT2D eigenvalue weighted by molar-refractivity contribution is 0.0743. The summed E-state index contributed by atoms with van der Waals surface area (Å²) in [7, 11) is 5.98. The third kappa shape index (κ3) is 4.09. The molecule has 0 N–H and O–H groups in total. The predicted molar refractivity (Wildman–Crippen MR) is 114 cm³/mol. The van der Waals surface area contributed by atoms with Gasteiger partial charge in [0.25, 0.3) is 5.91 Å². The number of carbonyl (C=O) groups is 1. The van der Waals surface area contributed by atoms with Crippen LogP contribution in [-0.4, -0.2) is 41.2 Å². The van der Waals surface area contributed by atoms with Gasteiger partial charge < -0.3 is 9.80 Å². The van der Waals surface area contributed by atoms with Gasteiger partial charge in [-0.1, -0.05) is 55.5 Å². The summed E-state index contributed by atoms with van der Waals surface area (Å²) < 4.78 is 1.90. The minimum atomic E-state index is 0.0509. The second-order valence-corrected chi connectivity index (χ2v) is 7.13. The molecule has 2 aromatic carbocycles. The van der Waals surface area contributed by atoms with Crippen molar-refractivity contribution < 1.29 is 4.79 Å². The van der Waals surface area contributed by atoms with Gasteiger partial charge in [-0.2, -0.15) is 5.10 Å². The van der Waals surface area contributed by atoms with Crippen LogP contribution in [-0.2, 0) is 13.6 Å². The molecule has 0 spiro atoms. The van der Waals surface area contributed by atoms with Gasteiger partial charge >= 0.3 is 0 Å². The summed E-state index contributed by atoms with van der Waals surface area (Å²) in [6, 6.07) is 19.6. The van der Waals surface area contributed by atoms with E-state index < -0.39 is 0 Å². The molecule has 0 aliphatic rings. The van der Waals surface area contributed by atoms with Crippen LogP contribution in [0.15, 0.2) is 60.7 Å². The fourth-order valence-corrected chi connectivity index (χ4v) is 3.57. The van der Waals surface area contributed by atoms with Crippen molar-refractivity contribution in [1.29, 1.82) is 0 Å². The summed E-state index contributed by atoms with van der Waals surface area (Å²) in [6.07, 6.45) is 0.900. The van der Waals surface area contributed by atoms with Crippen LogP contribution in [0.5, 0.6) is 0 Å². The quantitative estimate of drug-likeness (QED) is 0.620. The smallest absolute Gasteiger partial charge is 0.254 e. The first-order valence-electron chi connectivity index (χ1n) is 9.65. The molecule has 0 atom stereocenters. The lowest BCUT2D eigenvalue weighted by Gasteiger charge is -2.24. The summed E-state index contributed by atoms with van der Waals surface area (Å²) in [6.45, 7) is 3.32. The highest BCUT2D eigenvalue weighted by Gasteiger charge is 2.24. The van der Waals surface area contributed by atoms with Crippen molar-refractivity contribution in [3.63, 3.8) is 0 Å². The van der Waals surface area contributed by atoms with E-state index in [1.807, 2.05) is 79.3 Å². The van der Waals surface area contributed by atoms with Gasteiger partial charge in [-0.25, -0.2) is 0 Å². The molecule has 0 aliphatic heterocycles. The van der Waals surface area contributed by atoms with E-state index in [0.29, 0.717) is 18.7 Å². The van der Waals surface area contributed by atoms with Crippen molar-refractivity contribution in [2.75, 3.05) is 25.5 Å². The molecule has 146 valence electrons. The van der Waals surface area contributed by atoms with Gasteiger partial charge in [0, 0.05) is 44.4 Å². The third-order valence-corrected chi connectivity index (χ3v) is 4.73. The van der Waals surface area contributed by atoms with Gasteiger partial charge in [0.2, 0.25) is 0 Å². The maximum atomic E-state index is 13.2. The van der Waals surface area contributed by atoms with Crippen LogP contribution in [0.25, 0.3) is 11.3 Å². The SMILES string of the molecule is CCCN(Cc1c(-c2ccccc2)nn(C)c1N(C)C)C(=O)c1ccccc1. The zero-order chi connectivity index (χ0) is 20.1. The number of nitrogens with zero attached hydrogens (tertiary/aromatic N) is 4. The zero-order valence-corrected chi connectivity index (χ0v) is 17.1. The number of aromatic nitrogens is 2.